The lowest BCUT2D eigenvalue weighted by molar-refractivity contribution is -0.121. The van der Waals surface area contributed by atoms with E-state index in [0.29, 0.717) is 6.42 Å². The number of aryl methyl sites for hydroxylation is 1. The summed E-state index contributed by atoms with van der Waals surface area (Å²) in [4.78, 5) is 16.9. The lowest BCUT2D eigenvalue weighted by atomic mass is 9.87. The Morgan fingerprint density at radius 3 is 2.69 bits per heavy atom. The molecule has 29 heavy (non-hydrogen) atoms. The van der Waals surface area contributed by atoms with E-state index in [-0.39, 0.29) is 17.4 Å². The van der Waals surface area contributed by atoms with Crippen LogP contribution in [-0.4, -0.2) is 20.7 Å². The Morgan fingerprint density at radius 2 is 2.03 bits per heavy atom. The van der Waals surface area contributed by atoms with Crippen molar-refractivity contribution in [1.82, 2.24) is 20.1 Å². The van der Waals surface area contributed by atoms with Crippen molar-refractivity contribution in [1.29, 1.82) is 0 Å². The summed E-state index contributed by atoms with van der Waals surface area (Å²) in [6.45, 7) is 8.62. The molecule has 0 bridgehead atoms. The highest BCUT2D eigenvalue weighted by Gasteiger charge is 2.26. The smallest absolute Gasteiger partial charge is 0.226 e. The first-order chi connectivity index (χ1) is 13.8. The van der Waals surface area contributed by atoms with Crippen molar-refractivity contribution >= 4 is 17.2 Å². The molecule has 0 radical (unpaired) electrons. The summed E-state index contributed by atoms with van der Waals surface area (Å²) in [7, 11) is 0. The minimum Gasteiger partial charge on any atom is -0.349 e. The molecule has 1 atom stereocenters. The minimum absolute atomic E-state index is 0.0218. The average molecular weight is 409 g/mol. The first-order valence-corrected chi connectivity index (χ1v) is 11.1. The number of benzene rings is 1. The molecule has 0 saturated heterocycles. The second-order valence-corrected chi connectivity index (χ2v) is 9.86. The largest absolute Gasteiger partial charge is 0.349 e. The minimum atomic E-state index is 0.0218. The van der Waals surface area contributed by atoms with Gasteiger partial charge < -0.3 is 5.32 Å². The number of hydrogen-bond acceptors (Lipinski definition) is 4. The number of thiazole rings is 1. The third-order valence-electron chi connectivity index (χ3n) is 5.50. The summed E-state index contributed by atoms with van der Waals surface area (Å²) in [5, 5.41) is 10.8. The van der Waals surface area contributed by atoms with Crippen LogP contribution in [0.3, 0.4) is 0 Å². The second kappa shape index (κ2) is 7.75. The van der Waals surface area contributed by atoms with Gasteiger partial charge in [-0.05, 0) is 49.3 Å². The predicted octanol–water partition coefficient (Wildman–Crippen LogP) is 4.67. The van der Waals surface area contributed by atoms with E-state index >= 15 is 0 Å². The van der Waals surface area contributed by atoms with Crippen LogP contribution >= 0.6 is 11.3 Å². The normalized spacial score (nSPS) is 16.5. The van der Waals surface area contributed by atoms with E-state index in [1.54, 1.807) is 11.3 Å². The molecule has 3 aromatic rings. The van der Waals surface area contributed by atoms with Crippen molar-refractivity contribution in [2.75, 3.05) is 0 Å². The van der Waals surface area contributed by atoms with Gasteiger partial charge in [0.05, 0.1) is 35.0 Å². The van der Waals surface area contributed by atoms with Crippen LogP contribution in [-0.2, 0) is 23.1 Å². The molecule has 1 aliphatic carbocycles. The number of aromatic nitrogens is 3. The highest BCUT2D eigenvalue weighted by molar-refractivity contribution is 7.09. The van der Waals surface area contributed by atoms with Crippen LogP contribution in [0.2, 0.25) is 0 Å². The van der Waals surface area contributed by atoms with E-state index in [0.717, 1.165) is 41.2 Å². The summed E-state index contributed by atoms with van der Waals surface area (Å²) in [5.41, 5.74) is 5.70. The monoisotopic (exact) mass is 408 g/mol. The highest BCUT2D eigenvalue weighted by atomic mass is 32.1. The first-order valence-electron chi connectivity index (χ1n) is 10.2. The van der Waals surface area contributed by atoms with Crippen LogP contribution in [0.25, 0.3) is 5.69 Å². The number of amides is 1. The second-order valence-electron chi connectivity index (χ2n) is 8.80. The standard InChI is InChI=1S/C23H28N4OS/c1-15-25-17(14-29-15)12-22(28)26-20-6-5-7-21-19(20)13-24-27(21)18-10-8-16(9-11-18)23(2,3)4/h8-11,13-14,20H,5-7,12H2,1-4H3,(H,26,28)/t20-/m0/s1. The van der Waals surface area contributed by atoms with Gasteiger partial charge in [-0.15, -0.1) is 11.3 Å². The van der Waals surface area contributed by atoms with E-state index in [1.165, 1.54) is 11.3 Å². The quantitative estimate of drug-likeness (QED) is 0.682. The molecule has 2 aromatic heterocycles. The van der Waals surface area contributed by atoms with Crippen LogP contribution in [0.4, 0.5) is 0 Å². The molecule has 2 heterocycles. The maximum absolute atomic E-state index is 12.5. The van der Waals surface area contributed by atoms with Crippen LogP contribution in [0.1, 0.15) is 67.2 Å². The number of nitrogens with one attached hydrogen (secondary N) is 1. The molecule has 1 aromatic carbocycles. The maximum atomic E-state index is 12.5. The lowest BCUT2D eigenvalue weighted by Crippen LogP contribution is -2.32. The maximum Gasteiger partial charge on any atom is 0.226 e. The predicted molar refractivity (Wildman–Crippen MR) is 117 cm³/mol. The van der Waals surface area contributed by atoms with Crippen molar-refractivity contribution in [2.24, 2.45) is 0 Å². The Bertz CT molecular complexity index is 1010. The number of rotatable bonds is 4. The SMILES string of the molecule is Cc1nc(CC(=O)N[C@H]2CCCc3c2cnn3-c2ccc(C(C)(C)C)cc2)cs1. The molecule has 0 saturated carbocycles. The summed E-state index contributed by atoms with van der Waals surface area (Å²) >= 11 is 1.58. The van der Waals surface area contributed by atoms with E-state index in [1.807, 2.05) is 23.2 Å². The molecule has 1 amide bonds. The number of fused-ring (bicyclic) bond motifs is 1. The molecule has 1 N–H and O–H groups in total. The number of nitrogens with zero attached hydrogens (tertiary/aromatic N) is 3. The van der Waals surface area contributed by atoms with Crippen molar-refractivity contribution in [3.8, 4) is 5.69 Å². The number of hydrogen-bond donors (Lipinski definition) is 1. The summed E-state index contributed by atoms with van der Waals surface area (Å²) < 4.78 is 2.03. The van der Waals surface area contributed by atoms with Gasteiger partial charge in [-0.25, -0.2) is 9.67 Å². The molecular formula is C23H28N4OS. The van der Waals surface area contributed by atoms with E-state index < -0.39 is 0 Å². The van der Waals surface area contributed by atoms with Gasteiger partial charge in [0.15, 0.2) is 0 Å². The lowest BCUT2D eigenvalue weighted by Gasteiger charge is -2.24. The molecular weight excluding hydrogens is 380 g/mol. The fourth-order valence-corrected chi connectivity index (χ4v) is 4.54. The average Bonchev–Trinajstić information content (AvgIpc) is 3.28. The molecule has 0 fully saturated rings. The Kier molecular flexibility index (Phi) is 5.30. The molecule has 0 aliphatic heterocycles. The summed E-state index contributed by atoms with van der Waals surface area (Å²) in [5.74, 6) is 0.0235. The van der Waals surface area contributed by atoms with Gasteiger partial charge in [0.2, 0.25) is 5.91 Å². The number of carbonyl (C=O) groups is 1. The third kappa shape index (κ3) is 4.27. The van der Waals surface area contributed by atoms with Crippen molar-refractivity contribution in [3.63, 3.8) is 0 Å². The Hall–Kier alpha value is -2.47. The van der Waals surface area contributed by atoms with Crippen molar-refractivity contribution in [2.45, 2.75) is 64.8 Å². The van der Waals surface area contributed by atoms with Gasteiger partial charge in [-0.1, -0.05) is 32.9 Å². The number of carbonyl (C=O) groups excluding carboxylic acids is 1. The van der Waals surface area contributed by atoms with Gasteiger partial charge >= 0.3 is 0 Å². The Balaban J connectivity index is 1.52. The van der Waals surface area contributed by atoms with Crippen molar-refractivity contribution in [3.05, 3.63) is 63.4 Å². The molecule has 6 heteroatoms. The Morgan fingerprint density at radius 1 is 1.28 bits per heavy atom. The summed E-state index contributed by atoms with van der Waals surface area (Å²) in [6, 6.07) is 8.66. The topological polar surface area (TPSA) is 59.8 Å². The summed E-state index contributed by atoms with van der Waals surface area (Å²) in [6.07, 6.45) is 5.22. The molecule has 5 nitrogen and oxygen atoms in total. The van der Waals surface area contributed by atoms with E-state index in [9.17, 15) is 4.79 Å². The molecule has 4 rings (SSSR count). The van der Waals surface area contributed by atoms with E-state index in [4.69, 9.17) is 0 Å². The molecule has 1 aliphatic rings. The first kappa shape index (κ1) is 19.8. The third-order valence-corrected chi connectivity index (χ3v) is 6.33. The zero-order valence-electron chi connectivity index (χ0n) is 17.5. The fourth-order valence-electron chi connectivity index (χ4n) is 3.93. The Labute approximate surface area is 176 Å². The van der Waals surface area contributed by atoms with E-state index in [2.05, 4.69) is 60.4 Å². The van der Waals surface area contributed by atoms with Crippen LogP contribution < -0.4 is 5.32 Å². The van der Waals surface area contributed by atoms with Gasteiger partial charge in [0.25, 0.3) is 0 Å². The van der Waals surface area contributed by atoms with Crippen LogP contribution in [0.15, 0.2) is 35.8 Å². The van der Waals surface area contributed by atoms with Gasteiger partial charge in [0, 0.05) is 16.6 Å². The van der Waals surface area contributed by atoms with Crippen LogP contribution in [0.5, 0.6) is 0 Å². The highest BCUT2D eigenvalue weighted by Crippen LogP contribution is 2.32. The van der Waals surface area contributed by atoms with Crippen molar-refractivity contribution < 1.29 is 4.79 Å². The molecule has 0 unspecified atom stereocenters. The fraction of sp³-hybridized carbons (Fsp3) is 0.435. The van der Waals surface area contributed by atoms with Gasteiger partial charge in [-0.3, -0.25) is 4.79 Å². The zero-order valence-corrected chi connectivity index (χ0v) is 18.3. The molecule has 0 spiro atoms. The zero-order chi connectivity index (χ0) is 20.6. The molecule has 152 valence electrons. The van der Waals surface area contributed by atoms with Gasteiger partial charge in [-0.2, -0.15) is 5.10 Å². The van der Waals surface area contributed by atoms with Crippen LogP contribution in [0, 0.1) is 6.92 Å². The van der Waals surface area contributed by atoms with Gasteiger partial charge in [0.1, 0.15) is 0 Å².